The maximum atomic E-state index is 12.3. The Labute approximate surface area is 152 Å². The Morgan fingerprint density at radius 2 is 1.96 bits per heavy atom. The minimum absolute atomic E-state index is 0.118. The summed E-state index contributed by atoms with van der Waals surface area (Å²) >= 11 is 1.41. The normalized spacial score (nSPS) is 12.6. The average Bonchev–Trinajstić information content (AvgIpc) is 3.05. The number of esters is 1. The summed E-state index contributed by atoms with van der Waals surface area (Å²) in [7, 11) is 0. The minimum atomic E-state index is -0.418. The fourth-order valence-corrected chi connectivity index (χ4v) is 3.44. The predicted molar refractivity (Wildman–Crippen MR) is 102 cm³/mol. The van der Waals surface area contributed by atoms with Crippen LogP contribution in [0.15, 0.2) is 48.0 Å². The molecule has 1 amide bonds. The molecule has 1 aromatic carbocycles. The maximum Gasteiger partial charge on any atom is 0.341 e. The van der Waals surface area contributed by atoms with Gasteiger partial charge in [0.2, 0.25) is 0 Å². The number of hydrogen-bond donors (Lipinski definition) is 1. The van der Waals surface area contributed by atoms with Crippen LogP contribution in [0.5, 0.6) is 0 Å². The maximum absolute atomic E-state index is 12.3. The van der Waals surface area contributed by atoms with Crippen molar-refractivity contribution in [2.75, 3.05) is 11.9 Å². The zero-order chi connectivity index (χ0) is 18.4. The lowest BCUT2D eigenvalue weighted by atomic mass is 9.99. The van der Waals surface area contributed by atoms with Gasteiger partial charge < -0.3 is 10.1 Å². The molecule has 0 saturated heterocycles. The summed E-state index contributed by atoms with van der Waals surface area (Å²) in [6.45, 7) is 7.68. The quantitative estimate of drug-likeness (QED) is 0.586. The highest BCUT2D eigenvalue weighted by molar-refractivity contribution is 7.16. The van der Waals surface area contributed by atoms with Gasteiger partial charge >= 0.3 is 5.97 Å². The molecule has 0 fully saturated rings. The summed E-state index contributed by atoms with van der Waals surface area (Å²) in [6, 6.07) is 11.9. The molecule has 132 valence electrons. The smallest absolute Gasteiger partial charge is 0.341 e. The molecule has 0 spiro atoms. The number of nitrogens with one attached hydrogen (secondary N) is 1. The van der Waals surface area contributed by atoms with Gasteiger partial charge in [-0.05, 0) is 32.4 Å². The minimum Gasteiger partial charge on any atom is -0.462 e. The second-order valence-electron chi connectivity index (χ2n) is 5.67. The van der Waals surface area contributed by atoms with Crippen molar-refractivity contribution in [1.29, 1.82) is 0 Å². The number of thiophene rings is 1. The summed E-state index contributed by atoms with van der Waals surface area (Å²) in [6.07, 6.45) is 1.74. The van der Waals surface area contributed by atoms with Gasteiger partial charge in [0.15, 0.2) is 0 Å². The lowest BCUT2D eigenvalue weighted by molar-refractivity contribution is -0.112. The van der Waals surface area contributed by atoms with Crippen molar-refractivity contribution in [3.05, 3.63) is 64.1 Å². The summed E-state index contributed by atoms with van der Waals surface area (Å²) in [5.74, 6) is -0.514. The van der Waals surface area contributed by atoms with Crippen LogP contribution in [0.25, 0.3) is 0 Å². The van der Waals surface area contributed by atoms with E-state index >= 15 is 0 Å². The first-order valence-corrected chi connectivity index (χ1v) is 9.09. The third-order valence-electron chi connectivity index (χ3n) is 3.99. The molecule has 1 aromatic heterocycles. The first kappa shape index (κ1) is 18.9. The number of amides is 1. The number of hydrogen-bond acceptors (Lipinski definition) is 4. The van der Waals surface area contributed by atoms with Gasteiger partial charge in [-0.2, -0.15) is 0 Å². The largest absolute Gasteiger partial charge is 0.462 e. The van der Waals surface area contributed by atoms with E-state index in [1.165, 1.54) is 11.3 Å². The summed E-state index contributed by atoms with van der Waals surface area (Å²) < 4.78 is 5.14. The summed E-state index contributed by atoms with van der Waals surface area (Å²) in [5, 5.41) is 3.37. The van der Waals surface area contributed by atoms with Crippen LogP contribution < -0.4 is 5.32 Å². The molecule has 25 heavy (non-hydrogen) atoms. The second kappa shape index (κ2) is 8.62. The van der Waals surface area contributed by atoms with Crippen LogP contribution in [0, 0.1) is 0 Å². The monoisotopic (exact) mass is 357 g/mol. The van der Waals surface area contributed by atoms with Crippen LogP contribution in [-0.4, -0.2) is 18.5 Å². The van der Waals surface area contributed by atoms with Gasteiger partial charge in [-0.1, -0.05) is 43.3 Å². The van der Waals surface area contributed by atoms with Gasteiger partial charge in [0, 0.05) is 16.4 Å². The van der Waals surface area contributed by atoms with Crippen LogP contribution in [0.2, 0.25) is 0 Å². The van der Waals surface area contributed by atoms with E-state index in [9.17, 15) is 9.59 Å². The standard InChI is InChI=1S/C20H23NO3S/c1-5-13(3)18(22)21-19-16(20(23)24-6-2)12-17(25-19)14(4)15-10-8-7-9-11-15/h5,7-12,14H,6H2,1-4H3,(H,21,22)/b13-5+. The molecule has 4 nitrogen and oxygen atoms in total. The van der Waals surface area contributed by atoms with E-state index in [-0.39, 0.29) is 11.8 Å². The van der Waals surface area contributed by atoms with Crippen LogP contribution >= 0.6 is 11.3 Å². The molecule has 1 unspecified atom stereocenters. The van der Waals surface area contributed by atoms with Crippen LogP contribution in [0.3, 0.4) is 0 Å². The molecule has 1 heterocycles. The number of ether oxygens (including phenoxy) is 1. The summed E-state index contributed by atoms with van der Waals surface area (Å²) in [4.78, 5) is 25.5. The van der Waals surface area contributed by atoms with E-state index in [1.54, 1.807) is 26.8 Å². The van der Waals surface area contributed by atoms with Gasteiger partial charge in [0.25, 0.3) is 5.91 Å². The summed E-state index contributed by atoms with van der Waals surface area (Å²) in [5.41, 5.74) is 2.16. The van der Waals surface area contributed by atoms with Gasteiger partial charge in [-0.15, -0.1) is 11.3 Å². The predicted octanol–water partition coefficient (Wildman–Crippen LogP) is 4.98. The molecule has 0 aliphatic rings. The lowest BCUT2D eigenvalue weighted by Gasteiger charge is -2.09. The Bertz CT molecular complexity index is 777. The highest BCUT2D eigenvalue weighted by Crippen LogP contribution is 2.36. The van der Waals surface area contributed by atoms with Crippen LogP contribution in [0.4, 0.5) is 5.00 Å². The molecule has 0 saturated carbocycles. The molecule has 2 rings (SSSR count). The Kier molecular flexibility index (Phi) is 6.53. The van der Waals surface area contributed by atoms with E-state index in [0.29, 0.717) is 22.7 Å². The van der Waals surface area contributed by atoms with Gasteiger partial charge in [-0.3, -0.25) is 4.79 Å². The molecule has 2 aromatic rings. The second-order valence-corrected chi connectivity index (χ2v) is 6.75. The van der Waals surface area contributed by atoms with Crippen molar-refractivity contribution in [3.63, 3.8) is 0 Å². The first-order chi connectivity index (χ1) is 12.0. The third kappa shape index (κ3) is 4.57. The average molecular weight is 357 g/mol. The van der Waals surface area contributed by atoms with Crippen LogP contribution in [-0.2, 0) is 9.53 Å². The number of allylic oxidation sites excluding steroid dienone is 1. The Morgan fingerprint density at radius 3 is 2.56 bits per heavy atom. The molecule has 0 aliphatic carbocycles. The van der Waals surface area contributed by atoms with Crippen LogP contribution in [0.1, 0.15) is 54.4 Å². The van der Waals surface area contributed by atoms with Crippen molar-refractivity contribution in [2.24, 2.45) is 0 Å². The third-order valence-corrected chi connectivity index (χ3v) is 5.22. The number of rotatable bonds is 6. The Balaban J connectivity index is 2.38. The fraction of sp³-hybridized carbons (Fsp3) is 0.300. The van der Waals surface area contributed by atoms with Crippen molar-refractivity contribution in [3.8, 4) is 0 Å². The molecule has 5 heteroatoms. The van der Waals surface area contributed by atoms with Gasteiger partial charge in [-0.25, -0.2) is 4.79 Å². The molecule has 0 bridgehead atoms. The molecular formula is C20H23NO3S. The van der Waals surface area contributed by atoms with Crippen molar-refractivity contribution in [1.82, 2.24) is 0 Å². The highest BCUT2D eigenvalue weighted by atomic mass is 32.1. The number of benzene rings is 1. The Hall–Kier alpha value is -2.40. The van der Waals surface area contributed by atoms with E-state index < -0.39 is 5.97 Å². The molecule has 0 radical (unpaired) electrons. The SMILES string of the molecule is C/C=C(\C)C(=O)Nc1sc(C(C)c2ccccc2)cc1C(=O)OCC. The zero-order valence-electron chi connectivity index (χ0n) is 15.0. The zero-order valence-corrected chi connectivity index (χ0v) is 15.8. The van der Waals surface area contributed by atoms with E-state index in [1.807, 2.05) is 24.3 Å². The number of carbonyl (C=O) groups is 2. The first-order valence-electron chi connectivity index (χ1n) is 8.28. The molecule has 1 N–H and O–H groups in total. The number of carbonyl (C=O) groups excluding carboxylic acids is 2. The van der Waals surface area contributed by atoms with Crippen molar-refractivity contribution >= 4 is 28.2 Å². The molecule has 0 aliphatic heterocycles. The van der Waals surface area contributed by atoms with Gasteiger partial charge in [0.05, 0.1) is 12.2 Å². The van der Waals surface area contributed by atoms with Crippen molar-refractivity contribution < 1.29 is 14.3 Å². The van der Waals surface area contributed by atoms with Crippen molar-refractivity contribution in [2.45, 2.75) is 33.6 Å². The lowest BCUT2D eigenvalue weighted by Crippen LogP contribution is -2.14. The van der Waals surface area contributed by atoms with E-state index in [0.717, 1.165) is 10.4 Å². The Morgan fingerprint density at radius 1 is 1.28 bits per heavy atom. The topological polar surface area (TPSA) is 55.4 Å². The van der Waals surface area contributed by atoms with Gasteiger partial charge in [0.1, 0.15) is 5.00 Å². The molecule has 1 atom stereocenters. The van der Waals surface area contributed by atoms with E-state index in [2.05, 4.69) is 24.4 Å². The molecular weight excluding hydrogens is 334 g/mol. The number of anilines is 1. The fourth-order valence-electron chi connectivity index (χ4n) is 2.32. The highest BCUT2D eigenvalue weighted by Gasteiger charge is 2.22. The van der Waals surface area contributed by atoms with E-state index in [4.69, 9.17) is 4.74 Å².